The Morgan fingerprint density at radius 3 is 2.22 bits per heavy atom. The smallest absolute Gasteiger partial charge is 0.0543 e. The molecule has 0 heterocycles. The Hall–Kier alpha value is -0.0400. The molecule has 1 N–H and O–H groups in total. The highest BCUT2D eigenvalue weighted by Gasteiger charge is 2.24. The number of hydrogen-bond acceptors (Lipinski definition) is 1. The summed E-state index contributed by atoms with van der Waals surface area (Å²) >= 11 is 0. The number of hydrogen-bond donors (Lipinski definition) is 1. The van der Waals surface area contributed by atoms with Gasteiger partial charge in [0.05, 0.1) is 6.10 Å². The summed E-state index contributed by atoms with van der Waals surface area (Å²) in [5.41, 5.74) is 0. The maximum atomic E-state index is 9.15. The molecule has 0 saturated heterocycles. The molecule has 1 aliphatic carbocycles. The van der Waals surface area contributed by atoms with Crippen molar-refractivity contribution in [1.82, 2.24) is 0 Å². The van der Waals surface area contributed by atoms with Crippen LogP contribution in [0.3, 0.4) is 0 Å². The molecular weight excluding hydrogens is 112 g/mol. The van der Waals surface area contributed by atoms with Crippen LogP contribution in [0.15, 0.2) is 0 Å². The minimum absolute atomic E-state index is 0.0115. The first-order valence-corrected chi connectivity index (χ1v) is 3.88. The van der Waals surface area contributed by atoms with Gasteiger partial charge in [-0.2, -0.15) is 0 Å². The molecule has 1 aliphatic rings. The Balaban J connectivity index is 2.30. The predicted molar refractivity (Wildman–Crippen MR) is 38.2 cm³/mol. The highest BCUT2D eigenvalue weighted by atomic mass is 16.3. The lowest BCUT2D eigenvalue weighted by atomic mass is 9.95. The summed E-state index contributed by atoms with van der Waals surface area (Å²) in [6.45, 7) is 4.48. The van der Waals surface area contributed by atoms with Crippen molar-refractivity contribution in [3.63, 3.8) is 0 Å². The second-order valence-corrected chi connectivity index (χ2v) is 3.47. The van der Waals surface area contributed by atoms with Crippen molar-refractivity contribution in [2.45, 2.75) is 39.2 Å². The molecule has 9 heavy (non-hydrogen) atoms. The van der Waals surface area contributed by atoms with E-state index in [1.54, 1.807) is 0 Å². The normalized spacial score (nSPS) is 36.0. The molecular formula is C8H16O. The van der Waals surface area contributed by atoms with Crippen LogP contribution in [-0.2, 0) is 0 Å². The van der Waals surface area contributed by atoms with E-state index in [2.05, 4.69) is 13.8 Å². The van der Waals surface area contributed by atoms with Crippen LogP contribution < -0.4 is 0 Å². The van der Waals surface area contributed by atoms with E-state index in [9.17, 15) is 0 Å². The van der Waals surface area contributed by atoms with Crippen LogP contribution in [0.4, 0.5) is 0 Å². The van der Waals surface area contributed by atoms with E-state index in [0.717, 1.165) is 24.7 Å². The highest BCUT2D eigenvalue weighted by Crippen LogP contribution is 2.30. The molecule has 1 fully saturated rings. The molecule has 0 amide bonds. The summed E-state index contributed by atoms with van der Waals surface area (Å²) in [5.74, 6) is 1.56. The second-order valence-electron chi connectivity index (χ2n) is 3.47. The monoisotopic (exact) mass is 128 g/mol. The molecule has 0 radical (unpaired) electrons. The van der Waals surface area contributed by atoms with Crippen LogP contribution in [0.1, 0.15) is 33.1 Å². The average Bonchev–Trinajstić information content (AvgIpc) is 2.14. The molecule has 0 aromatic rings. The van der Waals surface area contributed by atoms with Gasteiger partial charge in [-0.15, -0.1) is 0 Å². The van der Waals surface area contributed by atoms with Gasteiger partial charge in [0.25, 0.3) is 0 Å². The molecule has 0 aromatic carbocycles. The summed E-state index contributed by atoms with van der Waals surface area (Å²) < 4.78 is 0. The molecule has 2 atom stereocenters. The van der Waals surface area contributed by atoms with E-state index in [1.807, 2.05) is 0 Å². The third-order valence-corrected chi connectivity index (χ3v) is 2.39. The zero-order valence-electron chi connectivity index (χ0n) is 6.30. The summed E-state index contributed by atoms with van der Waals surface area (Å²) in [7, 11) is 0. The van der Waals surface area contributed by atoms with E-state index in [0.29, 0.717) is 0 Å². The zero-order valence-corrected chi connectivity index (χ0v) is 6.30. The van der Waals surface area contributed by atoms with Gasteiger partial charge in [-0.1, -0.05) is 13.8 Å². The Morgan fingerprint density at radius 1 is 1.33 bits per heavy atom. The van der Waals surface area contributed by atoms with E-state index in [1.165, 1.54) is 6.42 Å². The molecule has 0 aromatic heterocycles. The summed E-state index contributed by atoms with van der Waals surface area (Å²) in [5, 5.41) is 9.15. The lowest BCUT2D eigenvalue weighted by molar-refractivity contribution is 0.173. The molecule has 0 bridgehead atoms. The van der Waals surface area contributed by atoms with E-state index < -0.39 is 0 Å². The Kier molecular flexibility index (Phi) is 2.12. The SMILES string of the molecule is CC(C)[C@@H]1CC[C@@H](O)C1. The third kappa shape index (κ3) is 1.68. The Morgan fingerprint density at radius 2 is 2.00 bits per heavy atom. The maximum Gasteiger partial charge on any atom is 0.0543 e. The van der Waals surface area contributed by atoms with Gasteiger partial charge >= 0.3 is 0 Å². The van der Waals surface area contributed by atoms with Crippen molar-refractivity contribution >= 4 is 0 Å². The molecule has 0 spiro atoms. The zero-order chi connectivity index (χ0) is 6.85. The lowest BCUT2D eigenvalue weighted by Gasteiger charge is -2.12. The van der Waals surface area contributed by atoms with E-state index in [4.69, 9.17) is 5.11 Å². The van der Waals surface area contributed by atoms with Crippen LogP contribution in [0, 0.1) is 11.8 Å². The average molecular weight is 128 g/mol. The summed E-state index contributed by atoms with van der Waals surface area (Å²) in [4.78, 5) is 0. The van der Waals surface area contributed by atoms with Gasteiger partial charge in [-0.25, -0.2) is 0 Å². The van der Waals surface area contributed by atoms with Gasteiger partial charge in [0.2, 0.25) is 0 Å². The molecule has 1 nitrogen and oxygen atoms in total. The van der Waals surface area contributed by atoms with Gasteiger partial charge in [0, 0.05) is 0 Å². The van der Waals surface area contributed by atoms with E-state index >= 15 is 0 Å². The molecule has 0 unspecified atom stereocenters. The quantitative estimate of drug-likeness (QED) is 0.571. The van der Waals surface area contributed by atoms with Crippen LogP contribution in [0.25, 0.3) is 0 Å². The van der Waals surface area contributed by atoms with E-state index in [-0.39, 0.29) is 6.10 Å². The van der Waals surface area contributed by atoms with Crippen LogP contribution >= 0.6 is 0 Å². The predicted octanol–water partition coefficient (Wildman–Crippen LogP) is 1.80. The van der Waals surface area contributed by atoms with Gasteiger partial charge in [-0.3, -0.25) is 0 Å². The van der Waals surface area contributed by atoms with Crippen LogP contribution in [0.5, 0.6) is 0 Å². The molecule has 54 valence electrons. The lowest BCUT2D eigenvalue weighted by Crippen LogP contribution is -2.05. The fourth-order valence-corrected chi connectivity index (χ4v) is 1.60. The maximum absolute atomic E-state index is 9.15. The topological polar surface area (TPSA) is 20.2 Å². The Labute approximate surface area is 57.1 Å². The summed E-state index contributed by atoms with van der Waals surface area (Å²) in [6.07, 6.45) is 3.32. The molecule has 1 saturated carbocycles. The van der Waals surface area contributed by atoms with Crippen molar-refractivity contribution in [1.29, 1.82) is 0 Å². The molecule has 1 rings (SSSR count). The number of rotatable bonds is 1. The fraction of sp³-hybridized carbons (Fsp3) is 1.00. The molecule has 0 aliphatic heterocycles. The second kappa shape index (κ2) is 2.70. The first-order chi connectivity index (χ1) is 4.20. The molecule has 1 heteroatoms. The van der Waals surface area contributed by atoms with Gasteiger partial charge < -0.3 is 5.11 Å². The van der Waals surface area contributed by atoms with Crippen LogP contribution in [-0.4, -0.2) is 11.2 Å². The van der Waals surface area contributed by atoms with Gasteiger partial charge in [0.1, 0.15) is 0 Å². The van der Waals surface area contributed by atoms with Crippen molar-refractivity contribution in [3.05, 3.63) is 0 Å². The minimum atomic E-state index is 0.0115. The van der Waals surface area contributed by atoms with Crippen molar-refractivity contribution < 1.29 is 5.11 Å². The standard InChI is InChI=1S/C8H16O/c1-6(2)7-3-4-8(9)5-7/h6-9H,3-5H2,1-2H3/t7-,8-/m1/s1. The Bertz CT molecular complexity index is 88.6. The minimum Gasteiger partial charge on any atom is -0.393 e. The van der Waals surface area contributed by atoms with Crippen molar-refractivity contribution in [2.75, 3.05) is 0 Å². The fourth-order valence-electron chi connectivity index (χ4n) is 1.60. The van der Waals surface area contributed by atoms with Gasteiger partial charge in [-0.05, 0) is 31.1 Å². The summed E-state index contributed by atoms with van der Waals surface area (Å²) in [6, 6.07) is 0. The number of aliphatic hydroxyl groups is 1. The third-order valence-electron chi connectivity index (χ3n) is 2.39. The largest absolute Gasteiger partial charge is 0.393 e. The number of aliphatic hydroxyl groups excluding tert-OH is 1. The first-order valence-electron chi connectivity index (χ1n) is 3.88. The van der Waals surface area contributed by atoms with Gasteiger partial charge in [0.15, 0.2) is 0 Å². The first kappa shape index (κ1) is 7.07. The van der Waals surface area contributed by atoms with Crippen molar-refractivity contribution in [3.8, 4) is 0 Å². The van der Waals surface area contributed by atoms with Crippen LogP contribution in [0.2, 0.25) is 0 Å². The van der Waals surface area contributed by atoms with Crippen molar-refractivity contribution in [2.24, 2.45) is 11.8 Å². The highest BCUT2D eigenvalue weighted by molar-refractivity contribution is 4.76.